The highest BCUT2D eigenvalue weighted by molar-refractivity contribution is 7.55. The third-order valence-electron chi connectivity index (χ3n) is 6.48. The van der Waals surface area contributed by atoms with Gasteiger partial charge in [-0.2, -0.15) is 0 Å². The molecule has 1 atom stereocenters. The van der Waals surface area contributed by atoms with E-state index in [0.29, 0.717) is 12.3 Å². The van der Waals surface area contributed by atoms with Crippen LogP contribution in [0, 0.1) is 0 Å². The van der Waals surface area contributed by atoms with E-state index in [2.05, 4.69) is 12.2 Å². The van der Waals surface area contributed by atoms with Crippen molar-refractivity contribution in [2.45, 2.75) is 57.1 Å². The fraction of sp³-hybridized carbons (Fsp3) is 0.357. The van der Waals surface area contributed by atoms with E-state index in [9.17, 15) is 9.46 Å². The Bertz CT molecular complexity index is 1050. The van der Waals surface area contributed by atoms with E-state index >= 15 is 0 Å². The van der Waals surface area contributed by atoms with Gasteiger partial charge >= 0.3 is 7.60 Å². The molecule has 0 fully saturated rings. The van der Waals surface area contributed by atoms with E-state index in [1.54, 1.807) is 12.1 Å². The highest BCUT2D eigenvalue weighted by Gasteiger charge is 2.57. The van der Waals surface area contributed by atoms with Gasteiger partial charge in [0.05, 0.1) is 0 Å². The molecule has 3 aromatic rings. The molecule has 0 heterocycles. The Morgan fingerprint density at radius 2 is 1.27 bits per heavy atom. The van der Waals surface area contributed by atoms with Crippen LogP contribution in [0.4, 0.5) is 0 Å². The lowest BCUT2D eigenvalue weighted by Gasteiger charge is -2.36. The van der Waals surface area contributed by atoms with Crippen molar-refractivity contribution in [3.63, 3.8) is 0 Å². The standard InChI is InChI=1S/C28H34NO3P/c1-2-3-4-5-6-7-15-22-29-28(33(30,31)32-23-16-9-8-10-17-23)26-20-13-11-18-24(26)25-19-12-14-21-27(25)28/h8-14,16-21,29H,2-7,15,22H2,1H3,(H,30,31). The van der Waals surface area contributed by atoms with E-state index < -0.39 is 12.9 Å². The predicted octanol–water partition coefficient (Wildman–Crippen LogP) is 7.47. The van der Waals surface area contributed by atoms with Gasteiger partial charge in [-0.25, -0.2) is 4.57 Å². The zero-order chi connectivity index (χ0) is 23.2. The number of para-hydroxylation sites is 1. The first-order valence-electron chi connectivity index (χ1n) is 12.1. The molecular weight excluding hydrogens is 429 g/mol. The van der Waals surface area contributed by atoms with Crippen LogP contribution >= 0.6 is 7.60 Å². The first kappa shape index (κ1) is 23.8. The van der Waals surface area contributed by atoms with Crippen molar-refractivity contribution in [1.82, 2.24) is 5.32 Å². The van der Waals surface area contributed by atoms with E-state index in [1.807, 2.05) is 66.7 Å². The number of fused-ring (bicyclic) bond motifs is 3. The second-order valence-corrected chi connectivity index (χ2v) is 10.7. The molecule has 0 aromatic heterocycles. The van der Waals surface area contributed by atoms with Crippen LogP contribution in [0.15, 0.2) is 78.9 Å². The van der Waals surface area contributed by atoms with Gasteiger partial charge in [-0.3, -0.25) is 5.32 Å². The van der Waals surface area contributed by atoms with Crippen LogP contribution in [-0.4, -0.2) is 11.4 Å². The molecule has 1 unspecified atom stereocenters. The summed E-state index contributed by atoms with van der Waals surface area (Å²) >= 11 is 0. The molecule has 0 bridgehead atoms. The van der Waals surface area contributed by atoms with Crippen molar-refractivity contribution < 1.29 is 14.0 Å². The largest absolute Gasteiger partial charge is 0.423 e. The molecule has 5 heteroatoms. The van der Waals surface area contributed by atoms with E-state index in [1.165, 1.54) is 32.1 Å². The molecule has 0 spiro atoms. The summed E-state index contributed by atoms with van der Waals surface area (Å²) in [5.74, 6) is 0.391. The summed E-state index contributed by atoms with van der Waals surface area (Å²) < 4.78 is 20.0. The lowest BCUT2D eigenvalue weighted by molar-refractivity contribution is 0.326. The molecule has 0 aliphatic heterocycles. The van der Waals surface area contributed by atoms with E-state index in [0.717, 1.165) is 35.1 Å². The number of nitrogens with one attached hydrogen (secondary N) is 1. The second-order valence-electron chi connectivity index (χ2n) is 8.77. The lowest BCUT2D eigenvalue weighted by atomic mass is 10.0. The van der Waals surface area contributed by atoms with Gasteiger partial charge in [0.2, 0.25) is 0 Å². The Labute approximate surface area is 197 Å². The molecule has 2 N–H and O–H groups in total. The van der Waals surface area contributed by atoms with Gasteiger partial charge in [-0.05, 0) is 47.4 Å². The van der Waals surface area contributed by atoms with Crippen LogP contribution in [0.2, 0.25) is 0 Å². The Kier molecular flexibility index (Phi) is 7.70. The van der Waals surface area contributed by atoms with Crippen molar-refractivity contribution in [3.8, 4) is 16.9 Å². The number of rotatable bonds is 12. The molecule has 1 aliphatic rings. The predicted molar refractivity (Wildman–Crippen MR) is 136 cm³/mol. The van der Waals surface area contributed by atoms with E-state index in [4.69, 9.17) is 4.52 Å². The Morgan fingerprint density at radius 3 is 1.88 bits per heavy atom. The van der Waals surface area contributed by atoms with Gasteiger partial charge in [-0.15, -0.1) is 0 Å². The second kappa shape index (κ2) is 10.7. The summed E-state index contributed by atoms with van der Waals surface area (Å²) in [4.78, 5) is 11.6. The summed E-state index contributed by atoms with van der Waals surface area (Å²) in [5, 5.41) is 2.22. The van der Waals surface area contributed by atoms with Crippen molar-refractivity contribution in [3.05, 3.63) is 90.0 Å². The average Bonchev–Trinajstić information content (AvgIpc) is 3.13. The van der Waals surface area contributed by atoms with Crippen LogP contribution in [0.5, 0.6) is 5.75 Å². The molecule has 33 heavy (non-hydrogen) atoms. The zero-order valence-electron chi connectivity index (χ0n) is 19.4. The minimum Gasteiger partial charge on any atom is -0.423 e. The first-order valence-corrected chi connectivity index (χ1v) is 13.7. The van der Waals surface area contributed by atoms with Crippen molar-refractivity contribution >= 4 is 7.60 Å². The summed E-state index contributed by atoms with van der Waals surface area (Å²) in [6.45, 7) is 2.87. The minimum atomic E-state index is -4.24. The molecule has 0 saturated heterocycles. The number of hydrogen-bond acceptors (Lipinski definition) is 3. The molecule has 0 saturated carbocycles. The highest BCUT2D eigenvalue weighted by atomic mass is 31.2. The molecule has 3 aromatic carbocycles. The highest BCUT2D eigenvalue weighted by Crippen LogP contribution is 2.67. The van der Waals surface area contributed by atoms with Crippen molar-refractivity contribution in [1.29, 1.82) is 0 Å². The van der Waals surface area contributed by atoms with Crippen LogP contribution in [0.3, 0.4) is 0 Å². The summed E-state index contributed by atoms with van der Waals surface area (Å²) in [5.41, 5.74) is 3.56. The minimum absolute atomic E-state index is 0.391. The number of unbranched alkanes of at least 4 members (excludes halogenated alkanes) is 6. The summed E-state index contributed by atoms with van der Waals surface area (Å²) in [6, 6.07) is 24.7. The fourth-order valence-corrected chi connectivity index (χ4v) is 6.71. The monoisotopic (exact) mass is 463 g/mol. The van der Waals surface area contributed by atoms with Crippen molar-refractivity contribution in [2.75, 3.05) is 6.54 Å². The third-order valence-corrected chi connectivity index (χ3v) is 8.43. The van der Waals surface area contributed by atoms with Crippen LogP contribution in [-0.2, 0) is 9.85 Å². The quantitative estimate of drug-likeness (QED) is 0.216. The topological polar surface area (TPSA) is 58.6 Å². The molecule has 1 aliphatic carbocycles. The Hall–Kier alpha value is -2.39. The van der Waals surface area contributed by atoms with Gasteiger partial charge in [0.1, 0.15) is 5.75 Å². The molecular formula is C28H34NO3P. The van der Waals surface area contributed by atoms with Crippen LogP contribution in [0.1, 0.15) is 63.0 Å². The average molecular weight is 464 g/mol. The maximum absolute atomic E-state index is 14.1. The molecule has 4 nitrogen and oxygen atoms in total. The SMILES string of the molecule is CCCCCCCCCNC1(P(=O)(O)Oc2ccccc2)c2ccccc2-c2ccccc21. The zero-order valence-corrected chi connectivity index (χ0v) is 20.3. The lowest BCUT2D eigenvalue weighted by Crippen LogP contribution is -2.43. The van der Waals surface area contributed by atoms with Crippen molar-refractivity contribution in [2.24, 2.45) is 0 Å². The summed E-state index contributed by atoms with van der Waals surface area (Å²) in [7, 11) is -4.24. The van der Waals surface area contributed by atoms with Gasteiger partial charge in [0.15, 0.2) is 5.28 Å². The molecule has 0 radical (unpaired) electrons. The number of benzene rings is 3. The van der Waals surface area contributed by atoms with Gasteiger partial charge in [-0.1, -0.05) is 112 Å². The van der Waals surface area contributed by atoms with Gasteiger partial charge in [0.25, 0.3) is 0 Å². The van der Waals surface area contributed by atoms with Crippen LogP contribution < -0.4 is 9.84 Å². The maximum atomic E-state index is 14.1. The van der Waals surface area contributed by atoms with Gasteiger partial charge in [0, 0.05) is 0 Å². The van der Waals surface area contributed by atoms with Crippen LogP contribution in [0.25, 0.3) is 11.1 Å². The Morgan fingerprint density at radius 1 is 0.758 bits per heavy atom. The Balaban J connectivity index is 1.65. The van der Waals surface area contributed by atoms with Gasteiger partial charge < -0.3 is 9.42 Å². The normalized spacial score (nSPS) is 15.5. The molecule has 0 amide bonds. The van der Waals surface area contributed by atoms with E-state index in [-0.39, 0.29) is 0 Å². The summed E-state index contributed by atoms with van der Waals surface area (Å²) in [6.07, 6.45) is 8.31. The smallest absolute Gasteiger partial charge is 0.405 e. The first-order chi connectivity index (χ1) is 16.1. The molecule has 4 rings (SSSR count). The number of hydrogen-bond donors (Lipinski definition) is 2. The fourth-order valence-electron chi connectivity index (χ4n) is 4.85. The maximum Gasteiger partial charge on any atom is 0.405 e. The third kappa shape index (κ3) is 4.80. The molecule has 174 valence electrons.